The van der Waals surface area contributed by atoms with Crippen LogP contribution in [0.5, 0.6) is 0 Å². The van der Waals surface area contributed by atoms with Gasteiger partial charge in [0.15, 0.2) is 15.7 Å². The monoisotopic (exact) mass is 457 g/mol. The molecule has 2 heterocycles. The molecule has 0 bridgehead atoms. The molecule has 2 aromatic rings. The third-order valence-electron chi connectivity index (χ3n) is 6.35. The fourth-order valence-electron chi connectivity index (χ4n) is 4.14. The molecule has 1 saturated heterocycles. The number of carbonyl (C=O) groups excluding carboxylic acids is 1. The Kier molecular flexibility index (Phi) is 5.29. The first-order chi connectivity index (χ1) is 15.4. The fraction of sp³-hybridized carbons (Fsp3) is 0.500. The van der Waals surface area contributed by atoms with E-state index in [1.165, 1.54) is 0 Å². The number of morpholine rings is 1. The van der Waals surface area contributed by atoms with Gasteiger partial charge in [-0.25, -0.2) is 23.2 Å². The van der Waals surface area contributed by atoms with Gasteiger partial charge in [-0.05, 0) is 49.9 Å². The van der Waals surface area contributed by atoms with Crippen molar-refractivity contribution in [3.8, 4) is 11.4 Å². The number of anilines is 2. The zero-order chi connectivity index (χ0) is 22.3. The first-order valence-electron chi connectivity index (χ1n) is 11.0. The topological polar surface area (TPSA) is 114 Å². The molecule has 32 heavy (non-hydrogen) atoms. The number of amides is 2. The smallest absolute Gasteiger partial charge is 0.318 e. The minimum atomic E-state index is -3.26. The fourth-order valence-corrected chi connectivity index (χ4v) is 6.61. The van der Waals surface area contributed by atoms with Crippen molar-refractivity contribution < 1.29 is 17.9 Å². The molecule has 1 aromatic heterocycles. The molecule has 0 radical (unpaired) electrons. The maximum Gasteiger partial charge on any atom is 0.318 e. The van der Waals surface area contributed by atoms with Crippen LogP contribution in [0.1, 0.15) is 31.4 Å². The summed E-state index contributed by atoms with van der Waals surface area (Å²) >= 11 is 0. The first-order valence-corrected chi connectivity index (χ1v) is 12.5. The maximum atomic E-state index is 13.2. The summed E-state index contributed by atoms with van der Waals surface area (Å²) in [7, 11) is -1.71. The highest BCUT2D eigenvalue weighted by atomic mass is 32.2. The lowest BCUT2D eigenvalue weighted by atomic mass is 10.1. The standard InChI is InChI=1S/C22H27N5O4S/c1-23-21(28)24-16-4-2-15(3-5-16)20-25-18(14-19(26-20)27-10-12-31-13-11-27)22(8-9-22)32(29,30)17-6-7-17/h2-5,14,17H,6-13H2,1H3,(H2,23,24,28). The van der Waals surface area contributed by atoms with Crippen LogP contribution in [0.4, 0.5) is 16.3 Å². The summed E-state index contributed by atoms with van der Waals surface area (Å²) in [4.78, 5) is 23.2. The molecule has 2 saturated carbocycles. The van der Waals surface area contributed by atoms with Crippen LogP contribution < -0.4 is 15.5 Å². The third-order valence-corrected chi connectivity index (χ3v) is 9.41. The van der Waals surface area contributed by atoms with E-state index in [2.05, 4.69) is 15.5 Å². The summed E-state index contributed by atoms with van der Waals surface area (Å²) in [6.45, 7) is 2.63. The van der Waals surface area contributed by atoms with E-state index in [9.17, 15) is 13.2 Å². The number of benzene rings is 1. The van der Waals surface area contributed by atoms with E-state index in [-0.39, 0.29) is 11.3 Å². The number of hydrogen-bond acceptors (Lipinski definition) is 7. The van der Waals surface area contributed by atoms with Crippen LogP contribution in [0.3, 0.4) is 0 Å². The zero-order valence-corrected chi connectivity index (χ0v) is 18.8. The molecule has 2 aliphatic carbocycles. The van der Waals surface area contributed by atoms with Gasteiger partial charge in [-0.1, -0.05) is 0 Å². The second-order valence-electron chi connectivity index (χ2n) is 8.55. The Labute approximate surface area is 187 Å². The van der Waals surface area contributed by atoms with Crippen LogP contribution in [-0.4, -0.2) is 63.0 Å². The largest absolute Gasteiger partial charge is 0.378 e. The summed E-state index contributed by atoms with van der Waals surface area (Å²) in [5, 5.41) is 5.01. The van der Waals surface area contributed by atoms with E-state index in [0.29, 0.717) is 56.4 Å². The number of aromatic nitrogens is 2. The Morgan fingerprint density at radius 1 is 1.12 bits per heavy atom. The molecule has 3 aliphatic rings. The highest BCUT2D eigenvalue weighted by molar-refractivity contribution is 7.93. The van der Waals surface area contributed by atoms with E-state index >= 15 is 0 Å². The Hall–Kier alpha value is -2.72. The molecule has 2 N–H and O–H groups in total. The minimum absolute atomic E-state index is 0.231. The van der Waals surface area contributed by atoms with Gasteiger partial charge in [-0.2, -0.15) is 0 Å². The highest BCUT2D eigenvalue weighted by Crippen LogP contribution is 2.57. The zero-order valence-electron chi connectivity index (χ0n) is 18.0. The van der Waals surface area contributed by atoms with Crippen LogP contribution >= 0.6 is 0 Å². The molecule has 0 atom stereocenters. The van der Waals surface area contributed by atoms with Gasteiger partial charge in [0.2, 0.25) is 0 Å². The molecule has 1 aromatic carbocycles. The van der Waals surface area contributed by atoms with Crippen LogP contribution in [0.15, 0.2) is 30.3 Å². The van der Waals surface area contributed by atoms with Gasteiger partial charge in [0, 0.05) is 37.5 Å². The summed E-state index contributed by atoms with van der Waals surface area (Å²) < 4.78 is 31.1. The molecule has 1 aliphatic heterocycles. The van der Waals surface area contributed by atoms with Gasteiger partial charge < -0.3 is 20.3 Å². The highest BCUT2D eigenvalue weighted by Gasteiger charge is 2.61. The van der Waals surface area contributed by atoms with E-state index in [1.807, 2.05) is 18.2 Å². The van der Waals surface area contributed by atoms with Gasteiger partial charge in [-0.15, -0.1) is 0 Å². The van der Waals surface area contributed by atoms with Crippen LogP contribution in [0.25, 0.3) is 11.4 Å². The van der Waals surface area contributed by atoms with Crippen LogP contribution in [0, 0.1) is 0 Å². The van der Waals surface area contributed by atoms with Crippen molar-refractivity contribution in [1.82, 2.24) is 15.3 Å². The minimum Gasteiger partial charge on any atom is -0.378 e. The summed E-state index contributed by atoms with van der Waals surface area (Å²) in [6, 6.07) is 8.80. The van der Waals surface area contributed by atoms with Gasteiger partial charge in [0.1, 0.15) is 10.6 Å². The van der Waals surface area contributed by atoms with Crippen LogP contribution in [0.2, 0.25) is 0 Å². The quantitative estimate of drug-likeness (QED) is 0.684. The van der Waals surface area contributed by atoms with E-state index in [1.54, 1.807) is 19.2 Å². The van der Waals surface area contributed by atoms with Crippen LogP contribution in [-0.2, 0) is 19.3 Å². The lowest BCUT2D eigenvalue weighted by Gasteiger charge is -2.29. The maximum absolute atomic E-state index is 13.2. The molecule has 0 unspecified atom stereocenters. The second kappa shape index (κ2) is 8.00. The molecule has 10 heteroatoms. The van der Waals surface area contributed by atoms with Crippen molar-refractivity contribution in [2.75, 3.05) is 43.6 Å². The summed E-state index contributed by atoms with van der Waals surface area (Å²) in [5.74, 6) is 1.23. The number of urea groups is 1. The Balaban J connectivity index is 1.54. The third kappa shape index (κ3) is 3.81. The Morgan fingerprint density at radius 3 is 2.41 bits per heavy atom. The molecular weight excluding hydrogens is 430 g/mol. The SMILES string of the molecule is CNC(=O)Nc1ccc(-c2nc(N3CCOCC3)cc(C3(S(=O)(=O)C4CC4)CC3)n2)cc1. The number of nitrogens with zero attached hydrogens (tertiary/aromatic N) is 3. The number of rotatable bonds is 6. The number of carbonyl (C=O) groups is 1. The van der Waals surface area contributed by atoms with Crippen molar-refractivity contribution in [3.05, 3.63) is 36.0 Å². The lowest BCUT2D eigenvalue weighted by molar-refractivity contribution is 0.122. The Morgan fingerprint density at radius 2 is 1.81 bits per heavy atom. The molecule has 0 spiro atoms. The van der Waals surface area contributed by atoms with Crippen molar-refractivity contribution in [1.29, 1.82) is 0 Å². The van der Waals surface area contributed by atoms with Crippen molar-refractivity contribution in [2.45, 2.75) is 35.7 Å². The van der Waals surface area contributed by atoms with E-state index in [0.717, 1.165) is 24.2 Å². The molecular formula is C22H27N5O4S. The van der Waals surface area contributed by atoms with E-state index < -0.39 is 14.6 Å². The summed E-state index contributed by atoms with van der Waals surface area (Å²) in [5.41, 5.74) is 2.01. The molecule has 170 valence electrons. The molecule has 5 rings (SSSR count). The first kappa shape index (κ1) is 21.1. The van der Waals surface area contributed by atoms with Gasteiger partial charge in [0.05, 0.1) is 24.2 Å². The average molecular weight is 458 g/mol. The van der Waals surface area contributed by atoms with Crippen molar-refractivity contribution in [2.24, 2.45) is 0 Å². The normalized spacial score (nSPS) is 20.0. The number of sulfone groups is 1. The molecule has 3 fully saturated rings. The number of hydrogen-bond donors (Lipinski definition) is 2. The van der Waals surface area contributed by atoms with Gasteiger partial charge in [-0.3, -0.25) is 0 Å². The predicted octanol–water partition coefficient (Wildman–Crippen LogP) is 2.30. The molecule has 9 nitrogen and oxygen atoms in total. The lowest BCUT2D eigenvalue weighted by Crippen LogP contribution is -2.37. The molecule has 2 amide bonds. The average Bonchev–Trinajstić information content (AvgIpc) is 3.72. The Bertz CT molecular complexity index is 1120. The van der Waals surface area contributed by atoms with Crippen molar-refractivity contribution >= 4 is 27.4 Å². The van der Waals surface area contributed by atoms with Crippen molar-refractivity contribution in [3.63, 3.8) is 0 Å². The summed E-state index contributed by atoms with van der Waals surface area (Å²) in [6.07, 6.45) is 2.72. The van der Waals surface area contributed by atoms with Gasteiger partial charge >= 0.3 is 6.03 Å². The van der Waals surface area contributed by atoms with Gasteiger partial charge in [0.25, 0.3) is 0 Å². The number of ether oxygens (including phenoxy) is 1. The van der Waals surface area contributed by atoms with E-state index in [4.69, 9.17) is 14.7 Å². The second-order valence-corrected chi connectivity index (χ2v) is 11.1. The predicted molar refractivity (Wildman–Crippen MR) is 121 cm³/mol. The number of nitrogens with one attached hydrogen (secondary N) is 2.